The predicted octanol–water partition coefficient (Wildman–Crippen LogP) is 4.11. The molecule has 2 rings (SSSR count). The van der Waals surface area contributed by atoms with Crippen LogP contribution < -0.4 is 4.90 Å². The van der Waals surface area contributed by atoms with Gasteiger partial charge in [-0.2, -0.15) is 12.6 Å². The molecule has 2 nitrogen and oxygen atoms in total. The van der Waals surface area contributed by atoms with E-state index in [9.17, 15) is 0 Å². The molecule has 0 saturated carbocycles. The molecule has 1 saturated heterocycles. The van der Waals surface area contributed by atoms with E-state index in [-0.39, 0.29) is 5.41 Å². The summed E-state index contributed by atoms with van der Waals surface area (Å²) in [4.78, 5) is 8.68. The van der Waals surface area contributed by atoms with Crippen molar-refractivity contribution in [1.29, 1.82) is 0 Å². The monoisotopic (exact) mass is 284 g/mol. The van der Waals surface area contributed by atoms with Gasteiger partial charge in [0.2, 0.25) is 0 Å². The van der Waals surface area contributed by atoms with E-state index in [1.807, 2.05) is 11.3 Å². The minimum atomic E-state index is 0.121. The summed E-state index contributed by atoms with van der Waals surface area (Å²) in [5.41, 5.74) is 1.35. The van der Waals surface area contributed by atoms with Gasteiger partial charge in [0.1, 0.15) is 0 Å². The average molecular weight is 284 g/mol. The first-order chi connectivity index (χ1) is 8.41. The highest BCUT2D eigenvalue weighted by Crippen LogP contribution is 2.35. The van der Waals surface area contributed by atoms with E-state index in [4.69, 9.17) is 4.98 Å². The lowest BCUT2D eigenvalue weighted by Gasteiger charge is -2.30. The molecule has 1 aromatic heterocycles. The summed E-state index contributed by atoms with van der Waals surface area (Å²) in [5.74, 6) is 1.67. The number of thiol groups is 1. The molecule has 102 valence electrons. The first-order valence-corrected chi connectivity index (χ1v) is 8.22. The fourth-order valence-corrected chi connectivity index (χ4v) is 3.89. The Morgan fingerprint density at radius 3 is 2.39 bits per heavy atom. The van der Waals surface area contributed by atoms with Crippen molar-refractivity contribution >= 4 is 29.1 Å². The predicted molar refractivity (Wildman–Crippen MR) is 84.1 cm³/mol. The molecule has 1 aliphatic heterocycles. The largest absolute Gasteiger partial charge is 0.348 e. The summed E-state index contributed by atoms with van der Waals surface area (Å²) >= 11 is 6.29. The standard InChI is InChI=1S/C14H24N2S2/c1-10-5-7-16(8-6-10)13-15-12(14(2,3)4)11(9-17)18-13/h10,17H,5-9H2,1-4H3. The smallest absolute Gasteiger partial charge is 0.185 e. The quantitative estimate of drug-likeness (QED) is 0.823. The zero-order valence-electron chi connectivity index (χ0n) is 11.9. The number of thiazole rings is 1. The van der Waals surface area contributed by atoms with Crippen LogP contribution in [-0.2, 0) is 11.2 Å². The van der Waals surface area contributed by atoms with E-state index in [1.54, 1.807) is 0 Å². The van der Waals surface area contributed by atoms with E-state index < -0.39 is 0 Å². The Labute approximate surface area is 120 Å². The first-order valence-electron chi connectivity index (χ1n) is 6.78. The average Bonchev–Trinajstić information content (AvgIpc) is 2.73. The van der Waals surface area contributed by atoms with Gasteiger partial charge in [-0.25, -0.2) is 4.98 Å². The SMILES string of the molecule is CC1CCN(c2nc(C(C)(C)C)c(CS)s2)CC1. The molecular weight excluding hydrogens is 260 g/mol. The molecule has 18 heavy (non-hydrogen) atoms. The van der Waals surface area contributed by atoms with Gasteiger partial charge in [0, 0.05) is 29.1 Å². The third-order valence-corrected chi connectivity index (χ3v) is 5.24. The van der Waals surface area contributed by atoms with Crippen LogP contribution in [0.4, 0.5) is 5.13 Å². The Kier molecular flexibility index (Phi) is 4.27. The minimum absolute atomic E-state index is 0.121. The maximum atomic E-state index is 4.90. The first kappa shape index (κ1) is 14.2. The van der Waals surface area contributed by atoms with E-state index >= 15 is 0 Å². The van der Waals surface area contributed by atoms with Crippen molar-refractivity contribution in [3.8, 4) is 0 Å². The van der Waals surface area contributed by atoms with E-state index in [0.717, 1.165) is 24.8 Å². The van der Waals surface area contributed by atoms with Crippen LogP contribution in [0.1, 0.15) is 51.1 Å². The summed E-state index contributed by atoms with van der Waals surface area (Å²) in [6.07, 6.45) is 2.58. The van der Waals surface area contributed by atoms with Crippen molar-refractivity contribution in [1.82, 2.24) is 4.98 Å². The van der Waals surface area contributed by atoms with Gasteiger partial charge in [0.25, 0.3) is 0 Å². The Bertz CT molecular complexity index is 398. The lowest BCUT2D eigenvalue weighted by Crippen LogP contribution is -2.32. The third kappa shape index (κ3) is 3.02. The van der Waals surface area contributed by atoms with Gasteiger partial charge in [-0.15, -0.1) is 11.3 Å². The zero-order valence-corrected chi connectivity index (χ0v) is 13.6. The summed E-state index contributed by atoms with van der Waals surface area (Å²) < 4.78 is 0. The summed E-state index contributed by atoms with van der Waals surface area (Å²) in [6.45, 7) is 11.4. The van der Waals surface area contributed by atoms with Crippen LogP contribution in [0.2, 0.25) is 0 Å². The zero-order chi connectivity index (χ0) is 13.3. The van der Waals surface area contributed by atoms with Crippen molar-refractivity contribution in [3.63, 3.8) is 0 Å². The highest BCUT2D eigenvalue weighted by molar-refractivity contribution is 7.79. The highest BCUT2D eigenvalue weighted by Gasteiger charge is 2.25. The minimum Gasteiger partial charge on any atom is -0.348 e. The maximum Gasteiger partial charge on any atom is 0.185 e. The highest BCUT2D eigenvalue weighted by atomic mass is 32.1. The summed E-state index contributed by atoms with van der Waals surface area (Å²) in [7, 11) is 0. The lowest BCUT2D eigenvalue weighted by atomic mass is 9.91. The van der Waals surface area contributed by atoms with Crippen LogP contribution >= 0.6 is 24.0 Å². The topological polar surface area (TPSA) is 16.1 Å². The second-order valence-electron chi connectivity index (χ2n) is 6.35. The molecule has 0 unspecified atom stereocenters. The lowest BCUT2D eigenvalue weighted by molar-refractivity contribution is 0.437. The van der Waals surface area contributed by atoms with Gasteiger partial charge in [0.05, 0.1) is 5.69 Å². The van der Waals surface area contributed by atoms with Gasteiger partial charge < -0.3 is 4.90 Å². The molecule has 4 heteroatoms. The molecule has 0 spiro atoms. The molecule has 0 radical (unpaired) electrons. The van der Waals surface area contributed by atoms with Crippen molar-refractivity contribution in [2.24, 2.45) is 5.92 Å². The van der Waals surface area contributed by atoms with Crippen LogP contribution in [-0.4, -0.2) is 18.1 Å². The van der Waals surface area contributed by atoms with Gasteiger partial charge in [0.15, 0.2) is 5.13 Å². The van der Waals surface area contributed by atoms with Crippen molar-refractivity contribution in [3.05, 3.63) is 10.6 Å². The number of piperidine rings is 1. The second kappa shape index (κ2) is 5.41. The van der Waals surface area contributed by atoms with E-state index in [0.29, 0.717) is 0 Å². The van der Waals surface area contributed by atoms with Crippen LogP contribution in [0, 0.1) is 5.92 Å². The molecule has 0 N–H and O–H groups in total. The maximum absolute atomic E-state index is 4.90. The van der Waals surface area contributed by atoms with Crippen LogP contribution in [0.5, 0.6) is 0 Å². The molecule has 0 bridgehead atoms. The van der Waals surface area contributed by atoms with Crippen molar-refractivity contribution in [2.45, 2.75) is 51.7 Å². The van der Waals surface area contributed by atoms with Gasteiger partial charge in [-0.05, 0) is 18.8 Å². The Morgan fingerprint density at radius 1 is 1.33 bits per heavy atom. The Hall–Kier alpha value is -0.220. The normalized spacial score (nSPS) is 18.4. The Morgan fingerprint density at radius 2 is 1.94 bits per heavy atom. The van der Waals surface area contributed by atoms with E-state index in [1.165, 1.54) is 28.5 Å². The number of hydrogen-bond acceptors (Lipinski definition) is 4. The number of aromatic nitrogens is 1. The van der Waals surface area contributed by atoms with Crippen LogP contribution in [0.3, 0.4) is 0 Å². The van der Waals surface area contributed by atoms with Gasteiger partial charge in [-0.3, -0.25) is 0 Å². The number of rotatable bonds is 2. The van der Waals surface area contributed by atoms with Gasteiger partial charge >= 0.3 is 0 Å². The number of anilines is 1. The molecule has 1 fully saturated rings. The van der Waals surface area contributed by atoms with Crippen LogP contribution in [0.25, 0.3) is 0 Å². The number of nitrogens with zero attached hydrogens (tertiary/aromatic N) is 2. The molecule has 0 aromatic carbocycles. The molecule has 0 atom stereocenters. The molecular formula is C14H24N2S2. The molecule has 0 amide bonds. The molecule has 1 aromatic rings. The molecule has 1 aliphatic rings. The molecule has 2 heterocycles. The van der Waals surface area contributed by atoms with Crippen molar-refractivity contribution < 1.29 is 0 Å². The second-order valence-corrected chi connectivity index (χ2v) is 7.72. The number of hydrogen-bond donors (Lipinski definition) is 1. The fourth-order valence-electron chi connectivity index (χ4n) is 2.37. The van der Waals surface area contributed by atoms with Crippen LogP contribution in [0.15, 0.2) is 0 Å². The molecule has 0 aliphatic carbocycles. The Balaban J connectivity index is 2.22. The third-order valence-electron chi connectivity index (χ3n) is 3.59. The summed E-state index contributed by atoms with van der Waals surface area (Å²) in [5, 5.41) is 1.20. The van der Waals surface area contributed by atoms with Crippen molar-refractivity contribution in [2.75, 3.05) is 18.0 Å². The van der Waals surface area contributed by atoms with Gasteiger partial charge in [-0.1, -0.05) is 27.7 Å². The summed E-state index contributed by atoms with van der Waals surface area (Å²) in [6, 6.07) is 0. The van der Waals surface area contributed by atoms with E-state index in [2.05, 4.69) is 45.2 Å². The fraction of sp³-hybridized carbons (Fsp3) is 0.786.